The lowest BCUT2D eigenvalue weighted by atomic mass is 9.82. The van der Waals surface area contributed by atoms with Crippen molar-refractivity contribution in [3.05, 3.63) is 24.0 Å². The van der Waals surface area contributed by atoms with Gasteiger partial charge in [-0.05, 0) is 44.9 Å². The molecule has 1 aromatic rings. The van der Waals surface area contributed by atoms with Crippen LogP contribution >= 0.6 is 0 Å². The molecule has 5 heteroatoms. The summed E-state index contributed by atoms with van der Waals surface area (Å²) in [5, 5.41) is 3.57. The average Bonchev–Trinajstić information content (AvgIpc) is 2.48. The monoisotopic (exact) mass is 289 g/mol. The van der Waals surface area contributed by atoms with E-state index in [0.29, 0.717) is 23.8 Å². The average molecular weight is 289 g/mol. The van der Waals surface area contributed by atoms with Crippen LogP contribution in [0.25, 0.3) is 0 Å². The number of esters is 1. The van der Waals surface area contributed by atoms with Gasteiger partial charge in [-0.2, -0.15) is 0 Å². The SMILES string of the molecule is COC(=O)c1cc(NC2CC3CCCC(C2)N3C)ccn1. The first-order valence-corrected chi connectivity index (χ1v) is 7.70. The van der Waals surface area contributed by atoms with Crippen molar-refractivity contribution < 1.29 is 9.53 Å². The van der Waals surface area contributed by atoms with Crippen molar-refractivity contribution in [3.8, 4) is 0 Å². The molecule has 21 heavy (non-hydrogen) atoms. The summed E-state index contributed by atoms with van der Waals surface area (Å²) in [5.74, 6) is -0.390. The highest BCUT2D eigenvalue weighted by molar-refractivity contribution is 5.88. The fraction of sp³-hybridized carbons (Fsp3) is 0.625. The smallest absolute Gasteiger partial charge is 0.356 e. The van der Waals surface area contributed by atoms with Gasteiger partial charge in [-0.15, -0.1) is 0 Å². The summed E-state index contributed by atoms with van der Waals surface area (Å²) in [7, 11) is 3.63. The number of rotatable bonds is 3. The number of carbonyl (C=O) groups is 1. The second-order valence-electron chi connectivity index (χ2n) is 6.14. The largest absolute Gasteiger partial charge is 0.464 e. The quantitative estimate of drug-likeness (QED) is 0.865. The lowest BCUT2D eigenvalue weighted by Gasteiger charge is -2.47. The van der Waals surface area contributed by atoms with Gasteiger partial charge in [0.2, 0.25) is 0 Å². The van der Waals surface area contributed by atoms with Crippen LogP contribution in [0, 0.1) is 0 Å². The Bertz CT molecular complexity index is 506. The van der Waals surface area contributed by atoms with Crippen LogP contribution in [0.2, 0.25) is 0 Å². The number of anilines is 1. The highest BCUT2D eigenvalue weighted by Crippen LogP contribution is 2.33. The molecular formula is C16H23N3O2. The van der Waals surface area contributed by atoms with E-state index in [2.05, 4.69) is 22.2 Å². The van der Waals surface area contributed by atoms with Gasteiger partial charge < -0.3 is 15.0 Å². The van der Waals surface area contributed by atoms with E-state index in [-0.39, 0.29) is 5.97 Å². The minimum absolute atomic E-state index is 0.357. The predicted octanol–water partition coefficient (Wildman–Crippen LogP) is 2.30. The molecule has 5 nitrogen and oxygen atoms in total. The van der Waals surface area contributed by atoms with Gasteiger partial charge in [0.05, 0.1) is 7.11 Å². The Labute approximate surface area is 125 Å². The third-order valence-electron chi connectivity index (χ3n) is 4.87. The number of carbonyl (C=O) groups excluding carboxylic acids is 1. The van der Waals surface area contributed by atoms with Gasteiger partial charge in [-0.25, -0.2) is 9.78 Å². The summed E-state index contributed by atoms with van der Waals surface area (Å²) in [6.45, 7) is 0. The highest BCUT2D eigenvalue weighted by atomic mass is 16.5. The molecule has 2 unspecified atom stereocenters. The van der Waals surface area contributed by atoms with Gasteiger partial charge in [0, 0.05) is 30.0 Å². The highest BCUT2D eigenvalue weighted by Gasteiger charge is 2.35. The summed E-state index contributed by atoms with van der Waals surface area (Å²) in [6, 6.07) is 5.55. The first-order valence-electron chi connectivity index (χ1n) is 7.70. The number of hydrogen-bond donors (Lipinski definition) is 1. The number of piperidine rings is 2. The summed E-state index contributed by atoms with van der Waals surface area (Å²) in [6.07, 6.45) is 7.95. The zero-order valence-corrected chi connectivity index (χ0v) is 12.7. The van der Waals surface area contributed by atoms with Crippen LogP contribution in [0.15, 0.2) is 18.3 Å². The van der Waals surface area contributed by atoms with Crippen molar-refractivity contribution in [3.63, 3.8) is 0 Å². The number of methoxy groups -OCH3 is 1. The van der Waals surface area contributed by atoms with Crippen LogP contribution in [-0.2, 0) is 4.74 Å². The Hall–Kier alpha value is -1.62. The molecule has 0 spiro atoms. The van der Waals surface area contributed by atoms with Crippen LogP contribution in [0.4, 0.5) is 5.69 Å². The van der Waals surface area contributed by atoms with Gasteiger partial charge in [-0.1, -0.05) is 6.42 Å². The summed E-state index contributed by atoms with van der Waals surface area (Å²) < 4.78 is 4.72. The maximum Gasteiger partial charge on any atom is 0.356 e. The Morgan fingerprint density at radius 1 is 1.38 bits per heavy atom. The Balaban J connectivity index is 1.68. The fourth-order valence-electron chi connectivity index (χ4n) is 3.71. The number of hydrogen-bond acceptors (Lipinski definition) is 5. The molecule has 1 aromatic heterocycles. The molecule has 114 valence electrons. The Kier molecular flexibility index (Phi) is 4.10. The topological polar surface area (TPSA) is 54.5 Å². The van der Waals surface area contributed by atoms with E-state index in [4.69, 9.17) is 4.74 Å². The second kappa shape index (κ2) is 6.02. The molecule has 3 heterocycles. The van der Waals surface area contributed by atoms with E-state index in [1.807, 2.05) is 6.07 Å². The first kappa shape index (κ1) is 14.3. The number of ether oxygens (including phenoxy) is 1. The van der Waals surface area contributed by atoms with Crippen LogP contribution < -0.4 is 5.32 Å². The molecule has 1 N–H and O–H groups in total. The zero-order valence-electron chi connectivity index (χ0n) is 12.7. The van der Waals surface area contributed by atoms with Crippen molar-refractivity contribution in [1.29, 1.82) is 0 Å². The van der Waals surface area contributed by atoms with Crippen molar-refractivity contribution >= 4 is 11.7 Å². The maximum atomic E-state index is 11.5. The number of nitrogens with zero attached hydrogens (tertiary/aromatic N) is 2. The van der Waals surface area contributed by atoms with E-state index in [1.165, 1.54) is 39.2 Å². The van der Waals surface area contributed by atoms with Crippen LogP contribution in [0.5, 0.6) is 0 Å². The molecule has 0 saturated carbocycles. The van der Waals surface area contributed by atoms with Crippen LogP contribution in [0.3, 0.4) is 0 Å². The number of fused-ring (bicyclic) bond motifs is 2. The molecule has 2 fully saturated rings. The van der Waals surface area contributed by atoms with Crippen molar-refractivity contribution in [1.82, 2.24) is 9.88 Å². The molecule has 2 aliphatic rings. The molecule has 0 aliphatic carbocycles. The van der Waals surface area contributed by atoms with E-state index < -0.39 is 0 Å². The van der Waals surface area contributed by atoms with Gasteiger partial charge in [0.25, 0.3) is 0 Å². The van der Waals surface area contributed by atoms with Crippen molar-refractivity contribution in [2.75, 3.05) is 19.5 Å². The zero-order chi connectivity index (χ0) is 14.8. The molecule has 2 bridgehead atoms. The molecule has 2 aliphatic heterocycles. The molecular weight excluding hydrogens is 266 g/mol. The number of nitrogens with one attached hydrogen (secondary N) is 1. The number of aromatic nitrogens is 1. The van der Waals surface area contributed by atoms with E-state index >= 15 is 0 Å². The van der Waals surface area contributed by atoms with Gasteiger partial charge in [0.15, 0.2) is 0 Å². The molecule has 2 atom stereocenters. The molecule has 0 aromatic carbocycles. The minimum Gasteiger partial charge on any atom is -0.464 e. The standard InChI is InChI=1S/C16H23N3O2/c1-19-13-4-3-5-14(19)9-12(8-13)18-11-6-7-17-15(10-11)16(20)21-2/h6-7,10,12-14H,3-5,8-9H2,1-2H3,(H,17,18). The molecule has 0 radical (unpaired) electrons. The first-order chi connectivity index (χ1) is 10.2. The normalized spacial score (nSPS) is 29.0. The van der Waals surface area contributed by atoms with Crippen LogP contribution in [-0.4, -0.2) is 48.1 Å². The predicted molar refractivity (Wildman–Crippen MR) is 81.4 cm³/mol. The van der Waals surface area contributed by atoms with Gasteiger partial charge >= 0.3 is 5.97 Å². The van der Waals surface area contributed by atoms with Crippen molar-refractivity contribution in [2.45, 2.75) is 50.2 Å². The summed E-state index contributed by atoms with van der Waals surface area (Å²) in [5.41, 5.74) is 1.31. The minimum atomic E-state index is -0.390. The fourth-order valence-corrected chi connectivity index (χ4v) is 3.71. The Morgan fingerprint density at radius 3 is 2.76 bits per heavy atom. The molecule has 3 rings (SSSR count). The summed E-state index contributed by atoms with van der Waals surface area (Å²) >= 11 is 0. The van der Waals surface area contributed by atoms with E-state index in [1.54, 1.807) is 12.3 Å². The van der Waals surface area contributed by atoms with Gasteiger partial charge in [0.1, 0.15) is 5.69 Å². The Morgan fingerprint density at radius 2 is 2.10 bits per heavy atom. The third kappa shape index (κ3) is 3.02. The maximum absolute atomic E-state index is 11.5. The van der Waals surface area contributed by atoms with Crippen LogP contribution in [0.1, 0.15) is 42.6 Å². The molecule has 2 saturated heterocycles. The van der Waals surface area contributed by atoms with Crippen molar-refractivity contribution in [2.24, 2.45) is 0 Å². The van der Waals surface area contributed by atoms with Gasteiger partial charge in [-0.3, -0.25) is 0 Å². The lowest BCUT2D eigenvalue weighted by Crippen LogP contribution is -2.52. The number of pyridine rings is 1. The third-order valence-corrected chi connectivity index (χ3v) is 4.87. The second-order valence-corrected chi connectivity index (χ2v) is 6.14. The lowest BCUT2D eigenvalue weighted by molar-refractivity contribution is 0.0592. The molecule has 0 amide bonds. The van der Waals surface area contributed by atoms with E-state index in [9.17, 15) is 4.79 Å². The summed E-state index contributed by atoms with van der Waals surface area (Å²) in [4.78, 5) is 18.1. The van der Waals surface area contributed by atoms with E-state index in [0.717, 1.165) is 5.69 Å².